The van der Waals surface area contributed by atoms with E-state index in [-0.39, 0.29) is 10.7 Å². The highest BCUT2D eigenvalue weighted by Crippen LogP contribution is 2.37. The van der Waals surface area contributed by atoms with Crippen molar-refractivity contribution in [2.45, 2.75) is 32.2 Å². The van der Waals surface area contributed by atoms with Crippen LogP contribution in [0.4, 0.5) is 11.4 Å². The van der Waals surface area contributed by atoms with Gasteiger partial charge in [0.05, 0.1) is 22.5 Å². The molecular weight excluding hydrogens is 332 g/mol. The molecule has 0 saturated heterocycles. The number of nitro groups is 1. The zero-order valence-corrected chi connectivity index (χ0v) is 13.9. The Morgan fingerprint density at radius 2 is 2.12 bits per heavy atom. The minimum atomic E-state index is -0.498. The Labute approximate surface area is 143 Å². The second-order valence-corrected chi connectivity index (χ2v) is 6.28. The summed E-state index contributed by atoms with van der Waals surface area (Å²) in [6, 6.07) is 5.92. The van der Waals surface area contributed by atoms with Gasteiger partial charge in [0.1, 0.15) is 5.02 Å². The van der Waals surface area contributed by atoms with Crippen molar-refractivity contribution in [3.05, 3.63) is 56.0 Å². The van der Waals surface area contributed by atoms with Crippen LogP contribution in [0.5, 0.6) is 0 Å². The third-order valence-corrected chi connectivity index (χ3v) is 4.51. The Hall–Kier alpha value is -2.41. The maximum absolute atomic E-state index is 12.4. The van der Waals surface area contributed by atoms with Gasteiger partial charge < -0.3 is 5.32 Å². The number of nitro benzene ring substituents is 1. The number of hydrogen-bond acceptors (Lipinski definition) is 5. The van der Waals surface area contributed by atoms with Crippen molar-refractivity contribution in [1.29, 1.82) is 0 Å². The van der Waals surface area contributed by atoms with E-state index in [2.05, 4.69) is 17.3 Å². The van der Waals surface area contributed by atoms with E-state index in [0.29, 0.717) is 23.3 Å². The molecule has 1 aromatic heterocycles. The molecule has 2 aromatic rings. The molecule has 126 valence electrons. The van der Waals surface area contributed by atoms with Crippen LogP contribution in [0, 0.1) is 16.0 Å². The molecule has 1 aromatic carbocycles. The summed E-state index contributed by atoms with van der Waals surface area (Å²) in [7, 11) is 0. The van der Waals surface area contributed by atoms with Crippen LogP contribution in [-0.4, -0.2) is 20.7 Å². The van der Waals surface area contributed by atoms with E-state index in [1.807, 2.05) is 0 Å². The Morgan fingerprint density at radius 1 is 1.42 bits per heavy atom. The molecule has 1 heterocycles. The normalized spacial score (nSPS) is 19.1. The molecule has 7 nitrogen and oxygen atoms in total. The quantitative estimate of drug-likeness (QED) is 0.638. The second kappa shape index (κ2) is 6.60. The van der Waals surface area contributed by atoms with E-state index in [1.165, 1.54) is 30.5 Å². The summed E-state index contributed by atoms with van der Waals surface area (Å²) >= 11 is 6.18. The van der Waals surface area contributed by atoms with Crippen molar-refractivity contribution in [1.82, 2.24) is 9.78 Å². The summed E-state index contributed by atoms with van der Waals surface area (Å²) in [6.07, 6.45) is 4.89. The van der Waals surface area contributed by atoms with Crippen LogP contribution in [0.25, 0.3) is 5.69 Å². The predicted octanol–water partition coefficient (Wildman–Crippen LogP) is 3.39. The number of benzene rings is 1. The third kappa shape index (κ3) is 3.26. The topological polar surface area (TPSA) is 90.1 Å². The van der Waals surface area contributed by atoms with E-state index in [1.54, 1.807) is 0 Å². The van der Waals surface area contributed by atoms with Crippen LogP contribution < -0.4 is 10.9 Å². The fourth-order valence-electron chi connectivity index (χ4n) is 2.75. The Morgan fingerprint density at radius 3 is 2.75 bits per heavy atom. The molecule has 0 bridgehead atoms. The molecule has 0 spiro atoms. The molecule has 0 amide bonds. The van der Waals surface area contributed by atoms with E-state index < -0.39 is 10.5 Å². The molecular formula is C16H17ClN4O3. The first-order valence-electron chi connectivity index (χ1n) is 7.80. The van der Waals surface area contributed by atoms with Gasteiger partial charge in [0, 0.05) is 18.2 Å². The highest BCUT2D eigenvalue weighted by molar-refractivity contribution is 6.33. The van der Waals surface area contributed by atoms with Crippen molar-refractivity contribution in [3.8, 4) is 5.69 Å². The summed E-state index contributed by atoms with van der Waals surface area (Å²) in [5, 5.41) is 18.2. The minimum absolute atomic E-state index is 0.0492. The summed E-state index contributed by atoms with van der Waals surface area (Å²) < 4.78 is 1.13. The molecule has 1 saturated carbocycles. The minimum Gasteiger partial charge on any atom is -0.379 e. The standard InChI is InChI=1S/C16H17ClN4O3/c1-2-3-10-8-13(10)19-14-9-18-20(16(22)15(14)17)11-4-6-12(7-5-11)21(23)24/h4-7,9-10,13,19H,2-3,8H2,1H3. The lowest BCUT2D eigenvalue weighted by Gasteiger charge is -2.10. The van der Waals surface area contributed by atoms with Gasteiger partial charge in [0.15, 0.2) is 0 Å². The molecule has 3 rings (SSSR count). The first-order valence-corrected chi connectivity index (χ1v) is 8.18. The summed E-state index contributed by atoms with van der Waals surface area (Å²) in [5.74, 6) is 0.628. The van der Waals surface area contributed by atoms with Crippen LogP contribution >= 0.6 is 11.6 Å². The summed E-state index contributed by atoms with van der Waals surface area (Å²) in [5.41, 5.74) is 0.452. The smallest absolute Gasteiger partial charge is 0.292 e. The lowest BCUT2D eigenvalue weighted by Crippen LogP contribution is -2.23. The number of nitrogens with one attached hydrogen (secondary N) is 1. The number of hydrogen-bond donors (Lipinski definition) is 1. The average molecular weight is 349 g/mol. The van der Waals surface area contributed by atoms with E-state index in [0.717, 1.165) is 23.9 Å². The first-order chi connectivity index (χ1) is 11.5. The monoisotopic (exact) mass is 348 g/mol. The molecule has 0 radical (unpaired) electrons. The van der Waals surface area contributed by atoms with Crippen LogP contribution in [0.3, 0.4) is 0 Å². The SMILES string of the molecule is CCCC1CC1Nc1cnn(-c2ccc([N+](=O)[O-])cc2)c(=O)c1Cl. The van der Waals surface area contributed by atoms with Crippen molar-refractivity contribution >= 4 is 23.0 Å². The molecule has 24 heavy (non-hydrogen) atoms. The number of nitrogens with zero attached hydrogens (tertiary/aromatic N) is 3. The first kappa shape index (κ1) is 16.4. The number of anilines is 1. The second-order valence-electron chi connectivity index (χ2n) is 5.90. The fourth-order valence-corrected chi connectivity index (χ4v) is 2.93. The molecule has 1 aliphatic carbocycles. The zero-order chi connectivity index (χ0) is 17.3. The van der Waals surface area contributed by atoms with Crippen LogP contribution in [0.15, 0.2) is 35.3 Å². The molecule has 1 aliphatic rings. The van der Waals surface area contributed by atoms with Gasteiger partial charge in [-0.2, -0.15) is 9.78 Å². The van der Waals surface area contributed by atoms with Gasteiger partial charge in [-0.25, -0.2) is 0 Å². The lowest BCUT2D eigenvalue weighted by molar-refractivity contribution is -0.384. The van der Waals surface area contributed by atoms with E-state index in [4.69, 9.17) is 11.6 Å². The zero-order valence-electron chi connectivity index (χ0n) is 13.1. The van der Waals surface area contributed by atoms with Gasteiger partial charge in [-0.05, 0) is 30.9 Å². The van der Waals surface area contributed by atoms with Gasteiger partial charge in [0.25, 0.3) is 11.2 Å². The van der Waals surface area contributed by atoms with Gasteiger partial charge in [-0.15, -0.1) is 0 Å². The van der Waals surface area contributed by atoms with Crippen molar-refractivity contribution in [2.24, 2.45) is 5.92 Å². The highest BCUT2D eigenvalue weighted by atomic mass is 35.5. The Bertz CT molecular complexity index is 819. The van der Waals surface area contributed by atoms with Gasteiger partial charge in [-0.1, -0.05) is 24.9 Å². The predicted molar refractivity (Wildman–Crippen MR) is 91.9 cm³/mol. The van der Waals surface area contributed by atoms with Crippen LogP contribution in [0.1, 0.15) is 26.2 Å². The molecule has 0 aliphatic heterocycles. The van der Waals surface area contributed by atoms with Crippen molar-refractivity contribution < 1.29 is 4.92 Å². The van der Waals surface area contributed by atoms with Gasteiger partial charge >= 0.3 is 0 Å². The molecule has 1 N–H and O–H groups in total. The molecule has 2 unspecified atom stereocenters. The van der Waals surface area contributed by atoms with Crippen LogP contribution in [0.2, 0.25) is 5.02 Å². The fraction of sp³-hybridized carbons (Fsp3) is 0.375. The maximum atomic E-state index is 12.4. The number of non-ortho nitro benzene ring substituents is 1. The number of halogens is 1. The van der Waals surface area contributed by atoms with Gasteiger partial charge in [0.2, 0.25) is 0 Å². The van der Waals surface area contributed by atoms with Crippen LogP contribution in [-0.2, 0) is 0 Å². The van der Waals surface area contributed by atoms with Gasteiger partial charge in [-0.3, -0.25) is 14.9 Å². The molecule has 2 atom stereocenters. The Kier molecular flexibility index (Phi) is 4.53. The molecule has 8 heteroatoms. The van der Waals surface area contributed by atoms with E-state index >= 15 is 0 Å². The lowest BCUT2D eigenvalue weighted by atomic mass is 10.2. The largest absolute Gasteiger partial charge is 0.379 e. The average Bonchev–Trinajstić information content (AvgIpc) is 3.30. The third-order valence-electron chi connectivity index (χ3n) is 4.15. The van der Waals surface area contributed by atoms with Crippen molar-refractivity contribution in [3.63, 3.8) is 0 Å². The highest BCUT2D eigenvalue weighted by Gasteiger charge is 2.36. The summed E-state index contributed by atoms with van der Waals surface area (Å²) in [4.78, 5) is 22.6. The summed E-state index contributed by atoms with van der Waals surface area (Å²) in [6.45, 7) is 2.15. The number of rotatable bonds is 6. The number of aromatic nitrogens is 2. The molecule has 1 fully saturated rings. The maximum Gasteiger partial charge on any atom is 0.292 e. The van der Waals surface area contributed by atoms with Crippen molar-refractivity contribution in [2.75, 3.05) is 5.32 Å². The van der Waals surface area contributed by atoms with E-state index in [9.17, 15) is 14.9 Å². The Balaban J connectivity index is 1.82.